The quantitative estimate of drug-likeness (QED) is 0.278. The van der Waals surface area contributed by atoms with E-state index < -0.39 is 17.6 Å². The van der Waals surface area contributed by atoms with Gasteiger partial charge in [-0.1, -0.05) is 11.6 Å². The summed E-state index contributed by atoms with van der Waals surface area (Å²) < 4.78 is 20.9. The first-order chi connectivity index (χ1) is 16.9. The van der Waals surface area contributed by atoms with E-state index in [2.05, 4.69) is 26.7 Å². The molecule has 1 aliphatic heterocycles. The lowest BCUT2D eigenvalue weighted by Gasteiger charge is -2.39. The number of piperidine rings is 1. The summed E-state index contributed by atoms with van der Waals surface area (Å²) in [5.41, 5.74) is 1.48. The Balaban J connectivity index is 1.35. The molecule has 1 atom stereocenters. The standard InChI is InChI=1S/C27H32ClFN2O3S/c1-34-20-5-6-24-21(16-20)25(22(28)17-30-24)23(29)7-9-27(26(32)33)10-13-31(14-11-27)12-3-2-4-19-8-15-35-18-19/h5-6,8,15-18,23H,2-4,7,9-14H2,1H3,(H,32,33)/t23-/m1/s1. The zero-order valence-corrected chi connectivity index (χ0v) is 21.6. The number of methoxy groups -OCH3 is 1. The van der Waals surface area contributed by atoms with Crippen LogP contribution in [-0.2, 0) is 11.2 Å². The molecule has 1 aliphatic rings. The van der Waals surface area contributed by atoms with Crippen molar-refractivity contribution in [2.75, 3.05) is 26.7 Å². The van der Waals surface area contributed by atoms with Crippen LogP contribution in [0.15, 0.2) is 41.2 Å². The topological polar surface area (TPSA) is 62.7 Å². The molecule has 1 aromatic carbocycles. The summed E-state index contributed by atoms with van der Waals surface area (Å²) in [5.74, 6) is -0.228. The van der Waals surface area contributed by atoms with E-state index >= 15 is 4.39 Å². The van der Waals surface area contributed by atoms with Gasteiger partial charge in [0.05, 0.1) is 23.1 Å². The largest absolute Gasteiger partial charge is 0.497 e. The molecule has 1 N–H and O–H groups in total. The number of unbranched alkanes of at least 4 members (excludes halogenated alkanes) is 1. The lowest BCUT2D eigenvalue weighted by Crippen LogP contribution is -2.44. The monoisotopic (exact) mass is 518 g/mol. The number of nitrogens with zero attached hydrogens (tertiary/aromatic N) is 2. The van der Waals surface area contributed by atoms with E-state index in [1.54, 1.807) is 36.6 Å². The molecule has 4 rings (SSSR count). The molecule has 35 heavy (non-hydrogen) atoms. The van der Waals surface area contributed by atoms with Gasteiger partial charge >= 0.3 is 5.97 Å². The number of benzene rings is 1. The lowest BCUT2D eigenvalue weighted by atomic mass is 9.74. The number of carboxylic acid groups (broad SMARTS) is 1. The summed E-state index contributed by atoms with van der Waals surface area (Å²) in [6.45, 7) is 2.45. The molecule has 3 heterocycles. The number of aliphatic carboxylic acids is 1. The number of hydrogen-bond acceptors (Lipinski definition) is 5. The third-order valence-electron chi connectivity index (χ3n) is 7.29. The van der Waals surface area contributed by atoms with Gasteiger partial charge in [-0.2, -0.15) is 11.3 Å². The molecule has 0 spiro atoms. The summed E-state index contributed by atoms with van der Waals surface area (Å²) in [5, 5.41) is 15.2. The Morgan fingerprint density at radius 2 is 2.11 bits per heavy atom. The van der Waals surface area contributed by atoms with E-state index in [9.17, 15) is 9.90 Å². The van der Waals surface area contributed by atoms with E-state index in [1.807, 2.05) is 0 Å². The Labute approximate surface area is 214 Å². The number of likely N-dealkylation sites (tertiary alicyclic amines) is 1. The Morgan fingerprint density at radius 1 is 1.31 bits per heavy atom. The smallest absolute Gasteiger partial charge is 0.309 e. The van der Waals surface area contributed by atoms with Gasteiger partial charge in [-0.3, -0.25) is 9.78 Å². The van der Waals surface area contributed by atoms with Gasteiger partial charge in [0, 0.05) is 17.1 Å². The number of aryl methyl sites for hydroxylation is 1. The molecular formula is C27H32ClFN2O3S. The summed E-state index contributed by atoms with van der Waals surface area (Å²) in [6.07, 6.45) is 4.85. The van der Waals surface area contributed by atoms with Crippen molar-refractivity contribution in [3.8, 4) is 5.75 Å². The fourth-order valence-electron chi connectivity index (χ4n) is 5.04. The molecule has 3 aromatic rings. The number of carboxylic acids is 1. The molecule has 5 nitrogen and oxygen atoms in total. The van der Waals surface area contributed by atoms with Crippen molar-refractivity contribution in [2.45, 2.75) is 51.1 Å². The maximum atomic E-state index is 15.6. The third kappa shape index (κ3) is 6.13. The van der Waals surface area contributed by atoms with Crippen LogP contribution in [0.25, 0.3) is 10.9 Å². The Morgan fingerprint density at radius 3 is 2.80 bits per heavy atom. The number of rotatable bonds is 11. The number of hydrogen-bond donors (Lipinski definition) is 1. The minimum Gasteiger partial charge on any atom is -0.497 e. The van der Waals surface area contributed by atoms with E-state index in [0.29, 0.717) is 35.1 Å². The normalized spacial score (nSPS) is 16.9. The average Bonchev–Trinajstić information content (AvgIpc) is 3.39. The molecule has 1 fully saturated rings. The first kappa shape index (κ1) is 25.9. The molecule has 1 saturated heterocycles. The number of halogens is 2. The first-order valence-corrected chi connectivity index (χ1v) is 13.5. The number of thiophene rings is 1. The zero-order valence-electron chi connectivity index (χ0n) is 20.0. The van der Waals surface area contributed by atoms with Gasteiger partial charge in [-0.15, -0.1) is 0 Å². The fraction of sp³-hybridized carbons (Fsp3) is 0.481. The van der Waals surface area contributed by atoms with Crippen LogP contribution in [0.1, 0.15) is 55.8 Å². The highest BCUT2D eigenvalue weighted by Gasteiger charge is 2.41. The van der Waals surface area contributed by atoms with Gasteiger partial charge in [0.1, 0.15) is 11.9 Å². The predicted molar refractivity (Wildman–Crippen MR) is 139 cm³/mol. The summed E-state index contributed by atoms with van der Waals surface area (Å²) >= 11 is 8.09. The second-order valence-corrected chi connectivity index (χ2v) is 10.6. The Bertz CT molecular complexity index is 1130. The van der Waals surface area contributed by atoms with Crippen LogP contribution < -0.4 is 4.74 Å². The number of ether oxygens (including phenoxy) is 1. The van der Waals surface area contributed by atoms with Gasteiger partial charge in [-0.25, -0.2) is 4.39 Å². The summed E-state index contributed by atoms with van der Waals surface area (Å²) in [6, 6.07) is 7.45. The van der Waals surface area contributed by atoms with E-state index in [4.69, 9.17) is 16.3 Å². The minimum atomic E-state index is -1.38. The number of fused-ring (bicyclic) bond motifs is 1. The van der Waals surface area contributed by atoms with Crippen molar-refractivity contribution in [3.63, 3.8) is 0 Å². The van der Waals surface area contributed by atoms with Crippen LogP contribution in [0.5, 0.6) is 5.75 Å². The average molecular weight is 519 g/mol. The number of aromatic nitrogens is 1. The van der Waals surface area contributed by atoms with Crippen molar-refractivity contribution in [3.05, 3.63) is 57.4 Å². The van der Waals surface area contributed by atoms with Crippen LogP contribution in [0, 0.1) is 5.41 Å². The fourth-order valence-corrected chi connectivity index (χ4v) is 6.01. The second-order valence-electron chi connectivity index (χ2n) is 9.42. The van der Waals surface area contributed by atoms with Gasteiger partial charge in [0.15, 0.2) is 0 Å². The molecule has 0 amide bonds. The van der Waals surface area contributed by atoms with Crippen molar-refractivity contribution in [1.82, 2.24) is 9.88 Å². The van der Waals surface area contributed by atoms with Crippen LogP contribution in [0.3, 0.4) is 0 Å². The van der Waals surface area contributed by atoms with Gasteiger partial charge in [-0.05, 0) is 105 Å². The molecule has 8 heteroatoms. The maximum Gasteiger partial charge on any atom is 0.309 e. The van der Waals surface area contributed by atoms with Gasteiger partial charge in [0.25, 0.3) is 0 Å². The SMILES string of the molecule is COc1ccc2ncc(Cl)c([C@H](F)CCC3(C(=O)O)CCN(CCCCc4ccsc4)CC3)c2c1. The highest BCUT2D eigenvalue weighted by atomic mass is 35.5. The highest BCUT2D eigenvalue weighted by Crippen LogP contribution is 2.42. The van der Waals surface area contributed by atoms with Gasteiger partial charge < -0.3 is 14.7 Å². The first-order valence-electron chi connectivity index (χ1n) is 12.1. The van der Waals surface area contributed by atoms with Crippen molar-refractivity contribution < 1.29 is 19.0 Å². The van der Waals surface area contributed by atoms with E-state index in [0.717, 1.165) is 38.9 Å². The Kier molecular flexibility index (Phi) is 8.63. The molecule has 0 unspecified atom stereocenters. The third-order valence-corrected chi connectivity index (χ3v) is 8.33. The predicted octanol–water partition coefficient (Wildman–Crippen LogP) is 6.94. The molecule has 2 aromatic heterocycles. The summed E-state index contributed by atoms with van der Waals surface area (Å²) in [7, 11) is 1.55. The number of alkyl halides is 1. The van der Waals surface area contributed by atoms with Crippen LogP contribution in [-0.4, -0.2) is 47.7 Å². The van der Waals surface area contributed by atoms with Crippen LogP contribution in [0.4, 0.5) is 4.39 Å². The molecular weight excluding hydrogens is 487 g/mol. The van der Waals surface area contributed by atoms with Crippen molar-refractivity contribution >= 4 is 39.8 Å². The molecule has 0 saturated carbocycles. The highest BCUT2D eigenvalue weighted by molar-refractivity contribution is 7.07. The number of carbonyl (C=O) groups is 1. The lowest BCUT2D eigenvalue weighted by molar-refractivity contribution is -0.153. The molecule has 0 radical (unpaired) electrons. The van der Waals surface area contributed by atoms with Crippen LogP contribution >= 0.6 is 22.9 Å². The number of pyridine rings is 1. The zero-order chi connectivity index (χ0) is 24.8. The van der Waals surface area contributed by atoms with E-state index in [1.165, 1.54) is 11.8 Å². The second kappa shape index (κ2) is 11.7. The molecule has 0 aliphatic carbocycles. The van der Waals surface area contributed by atoms with Crippen molar-refractivity contribution in [1.29, 1.82) is 0 Å². The van der Waals surface area contributed by atoms with Crippen molar-refractivity contribution in [2.24, 2.45) is 5.41 Å². The van der Waals surface area contributed by atoms with Gasteiger partial charge in [0.2, 0.25) is 0 Å². The summed E-state index contributed by atoms with van der Waals surface area (Å²) in [4.78, 5) is 18.9. The Hall–Kier alpha value is -2.22. The minimum absolute atomic E-state index is 0.100. The van der Waals surface area contributed by atoms with Crippen LogP contribution in [0.2, 0.25) is 5.02 Å². The van der Waals surface area contributed by atoms with E-state index in [-0.39, 0.29) is 17.9 Å². The maximum absolute atomic E-state index is 15.6. The molecule has 0 bridgehead atoms. The molecule has 188 valence electrons.